The molecular weight excluding hydrogens is 295 g/mol. The van der Waals surface area contributed by atoms with Crippen LogP contribution in [0.15, 0.2) is 12.1 Å². The molecule has 1 heterocycles. The van der Waals surface area contributed by atoms with Crippen molar-refractivity contribution in [1.82, 2.24) is 10.3 Å². The highest BCUT2D eigenvalue weighted by atomic mass is 35.5. The zero-order valence-electron chi connectivity index (χ0n) is 12.1. The van der Waals surface area contributed by atoms with E-state index in [1.807, 2.05) is 0 Å². The molecule has 1 aromatic rings. The Balaban J connectivity index is 2.20. The van der Waals surface area contributed by atoms with E-state index in [0.717, 1.165) is 18.8 Å². The SMILES string of the molecule is CC(C)CCCCCCNC(=O)c1cc(Cl)nc(Cl)c1. The first-order valence-corrected chi connectivity index (χ1v) is 7.86. The number of carbonyl (C=O) groups excluding carboxylic acids is 1. The number of halogens is 2. The molecule has 0 spiro atoms. The quantitative estimate of drug-likeness (QED) is 0.556. The van der Waals surface area contributed by atoms with Crippen molar-refractivity contribution in [3.8, 4) is 0 Å². The van der Waals surface area contributed by atoms with Gasteiger partial charge in [-0.05, 0) is 24.5 Å². The lowest BCUT2D eigenvalue weighted by Gasteiger charge is -2.07. The van der Waals surface area contributed by atoms with Crippen LogP contribution in [0.25, 0.3) is 0 Å². The lowest BCUT2D eigenvalue weighted by atomic mass is 10.0. The van der Waals surface area contributed by atoms with Crippen molar-refractivity contribution in [1.29, 1.82) is 0 Å². The number of nitrogens with zero attached hydrogens (tertiary/aromatic N) is 1. The highest BCUT2D eigenvalue weighted by Crippen LogP contribution is 2.14. The van der Waals surface area contributed by atoms with E-state index in [1.165, 1.54) is 31.4 Å². The highest BCUT2D eigenvalue weighted by Gasteiger charge is 2.07. The van der Waals surface area contributed by atoms with Crippen LogP contribution in [0.5, 0.6) is 0 Å². The third-order valence-electron chi connectivity index (χ3n) is 3.02. The molecular formula is C15H22Cl2N2O. The zero-order chi connectivity index (χ0) is 15.0. The minimum Gasteiger partial charge on any atom is -0.352 e. The molecule has 112 valence electrons. The molecule has 0 bridgehead atoms. The smallest absolute Gasteiger partial charge is 0.251 e. The van der Waals surface area contributed by atoms with Crippen molar-refractivity contribution in [2.75, 3.05) is 6.54 Å². The average Bonchev–Trinajstić information content (AvgIpc) is 2.35. The van der Waals surface area contributed by atoms with Crippen LogP contribution in [-0.2, 0) is 0 Å². The predicted molar refractivity (Wildman–Crippen MR) is 84.5 cm³/mol. The van der Waals surface area contributed by atoms with Crippen LogP contribution in [0.3, 0.4) is 0 Å². The molecule has 1 amide bonds. The number of nitrogens with one attached hydrogen (secondary N) is 1. The van der Waals surface area contributed by atoms with Crippen LogP contribution in [0, 0.1) is 5.92 Å². The number of amides is 1. The summed E-state index contributed by atoms with van der Waals surface area (Å²) in [6, 6.07) is 3.04. The third-order valence-corrected chi connectivity index (χ3v) is 3.41. The van der Waals surface area contributed by atoms with Crippen LogP contribution >= 0.6 is 23.2 Å². The lowest BCUT2D eigenvalue weighted by molar-refractivity contribution is 0.0953. The monoisotopic (exact) mass is 316 g/mol. The zero-order valence-corrected chi connectivity index (χ0v) is 13.6. The van der Waals surface area contributed by atoms with Crippen molar-refractivity contribution in [3.05, 3.63) is 28.0 Å². The van der Waals surface area contributed by atoms with E-state index in [-0.39, 0.29) is 16.2 Å². The molecule has 0 saturated heterocycles. The van der Waals surface area contributed by atoms with Crippen molar-refractivity contribution in [2.24, 2.45) is 5.92 Å². The predicted octanol–water partition coefficient (Wildman–Crippen LogP) is 4.72. The largest absolute Gasteiger partial charge is 0.352 e. The Morgan fingerprint density at radius 1 is 1.15 bits per heavy atom. The molecule has 0 aromatic carbocycles. The molecule has 20 heavy (non-hydrogen) atoms. The van der Waals surface area contributed by atoms with E-state index >= 15 is 0 Å². The van der Waals surface area contributed by atoms with E-state index in [4.69, 9.17) is 23.2 Å². The van der Waals surface area contributed by atoms with Gasteiger partial charge in [-0.3, -0.25) is 4.79 Å². The van der Waals surface area contributed by atoms with Gasteiger partial charge in [-0.1, -0.05) is 62.7 Å². The fourth-order valence-electron chi connectivity index (χ4n) is 1.93. The molecule has 0 aliphatic carbocycles. The standard InChI is InChI=1S/C15H22Cl2N2O/c1-11(2)7-5-3-4-6-8-18-15(20)12-9-13(16)19-14(17)10-12/h9-11H,3-8H2,1-2H3,(H,18,20). The Kier molecular flexibility index (Phi) is 7.93. The number of carbonyl (C=O) groups is 1. The first-order chi connectivity index (χ1) is 9.49. The summed E-state index contributed by atoms with van der Waals surface area (Å²) in [4.78, 5) is 15.7. The Labute approximate surface area is 131 Å². The second kappa shape index (κ2) is 9.19. The number of pyridine rings is 1. The van der Waals surface area contributed by atoms with Gasteiger partial charge in [0.2, 0.25) is 0 Å². The van der Waals surface area contributed by atoms with Crippen molar-refractivity contribution in [2.45, 2.75) is 46.0 Å². The van der Waals surface area contributed by atoms with Crippen molar-refractivity contribution in [3.63, 3.8) is 0 Å². The van der Waals surface area contributed by atoms with Gasteiger partial charge in [-0.25, -0.2) is 4.98 Å². The van der Waals surface area contributed by atoms with E-state index < -0.39 is 0 Å². The van der Waals surface area contributed by atoms with Crippen LogP contribution in [0.1, 0.15) is 56.3 Å². The second-order valence-corrected chi connectivity index (χ2v) is 6.13. The van der Waals surface area contributed by atoms with Gasteiger partial charge in [0.05, 0.1) is 0 Å². The highest BCUT2D eigenvalue weighted by molar-refractivity contribution is 6.33. The summed E-state index contributed by atoms with van der Waals surface area (Å²) in [5.41, 5.74) is 0.454. The fourth-order valence-corrected chi connectivity index (χ4v) is 2.39. The number of hydrogen-bond acceptors (Lipinski definition) is 2. The minimum atomic E-state index is -0.154. The summed E-state index contributed by atoms with van der Waals surface area (Å²) in [6.07, 6.45) is 5.91. The first-order valence-electron chi connectivity index (χ1n) is 7.10. The molecule has 0 unspecified atom stereocenters. The molecule has 0 radical (unpaired) electrons. The summed E-state index contributed by atoms with van der Waals surface area (Å²) >= 11 is 11.5. The molecule has 1 N–H and O–H groups in total. The fraction of sp³-hybridized carbons (Fsp3) is 0.600. The first kappa shape index (κ1) is 17.3. The Morgan fingerprint density at radius 2 is 1.75 bits per heavy atom. The van der Waals surface area contributed by atoms with Crippen LogP contribution in [0.2, 0.25) is 10.3 Å². The second-order valence-electron chi connectivity index (χ2n) is 5.35. The molecule has 1 aromatic heterocycles. The number of hydrogen-bond donors (Lipinski definition) is 1. The Morgan fingerprint density at radius 3 is 2.35 bits per heavy atom. The van der Waals surface area contributed by atoms with Gasteiger partial charge in [-0.15, -0.1) is 0 Å². The Hall–Kier alpha value is -0.800. The van der Waals surface area contributed by atoms with Gasteiger partial charge >= 0.3 is 0 Å². The number of rotatable bonds is 8. The maximum atomic E-state index is 11.9. The van der Waals surface area contributed by atoms with Gasteiger partial charge in [0.25, 0.3) is 5.91 Å². The van der Waals surface area contributed by atoms with Crippen LogP contribution in [0.4, 0.5) is 0 Å². The van der Waals surface area contributed by atoms with Gasteiger partial charge in [0.1, 0.15) is 10.3 Å². The maximum Gasteiger partial charge on any atom is 0.251 e. The summed E-state index contributed by atoms with van der Waals surface area (Å²) < 4.78 is 0. The molecule has 0 aliphatic heterocycles. The molecule has 3 nitrogen and oxygen atoms in total. The van der Waals surface area contributed by atoms with E-state index in [9.17, 15) is 4.79 Å². The maximum absolute atomic E-state index is 11.9. The molecule has 0 saturated carbocycles. The van der Waals surface area contributed by atoms with Gasteiger partial charge < -0.3 is 5.32 Å². The van der Waals surface area contributed by atoms with E-state index in [1.54, 1.807) is 0 Å². The van der Waals surface area contributed by atoms with Gasteiger partial charge in [0.15, 0.2) is 0 Å². The molecule has 0 fully saturated rings. The van der Waals surface area contributed by atoms with E-state index in [0.29, 0.717) is 12.1 Å². The topological polar surface area (TPSA) is 42.0 Å². The number of unbranched alkanes of at least 4 members (excludes halogenated alkanes) is 3. The summed E-state index contributed by atoms with van der Waals surface area (Å²) in [5, 5.41) is 3.33. The van der Waals surface area contributed by atoms with Crippen LogP contribution in [-0.4, -0.2) is 17.4 Å². The van der Waals surface area contributed by atoms with Crippen molar-refractivity contribution < 1.29 is 4.79 Å². The number of aromatic nitrogens is 1. The lowest BCUT2D eigenvalue weighted by Crippen LogP contribution is -2.24. The molecule has 1 rings (SSSR count). The van der Waals surface area contributed by atoms with Gasteiger partial charge in [-0.2, -0.15) is 0 Å². The summed E-state index contributed by atoms with van der Waals surface area (Å²) in [5.74, 6) is 0.620. The van der Waals surface area contributed by atoms with Crippen LogP contribution < -0.4 is 5.32 Å². The minimum absolute atomic E-state index is 0.154. The normalized spacial score (nSPS) is 10.8. The summed E-state index contributed by atoms with van der Waals surface area (Å²) in [6.45, 7) is 5.16. The Bertz CT molecular complexity index is 416. The molecule has 5 heteroatoms. The van der Waals surface area contributed by atoms with Gasteiger partial charge in [0, 0.05) is 12.1 Å². The van der Waals surface area contributed by atoms with E-state index in [2.05, 4.69) is 24.1 Å². The van der Waals surface area contributed by atoms with Crippen molar-refractivity contribution >= 4 is 29.1 Å². The summed E-state index contributed by atoms with van der Waals surface area (Å²) in [7, 11) is 0. The molecule has 0 atom stereocenters. The third kappa shape index (κ3) is 7.11. The molecule has 0 aliphatic rings. The average molecular weight is 317 g/mol.